The summed E-state index contributed by atoms with van der Waals surface area (Å²) in [6.45, 7) is 0. The number of hydrogen-bond donors (Lipinski definition) is 2. The van der Waals surface area contributed by atoms with E-state index < -0.39 is 6.04 Å². The summed E-state index contributed by atoms with van der Waals surface area (Å²) in [6, 6.07) is 8.67. The third-order valence-electron chi connectivity index (χ3n) is 1.77. The summed E-state index contributed by atoms with van der Waals surface area (Å²) in [5, 5.41) is 15.7. The number of nitrogens with two attached hydrogens (primary N) is 1. The second-order valence-corrected chi connectivity index (χ2v) is 2.77. The second kappa shape index (κ2) is 7.68. The lowest BCUT2D eigenvalue weighted by Gasteiger charge is -2.04. The van der Waals surface area contributed by atoms with Crippen molar-refractivity contribution >= 4 is 6.29 Å². The van der Waals surface area contributed by atoms with Crippen molar-refractivity contribution in [1.82, 2.24) is 0 Å². The summed E-state index contributed by atoms with van der Waals surface area (Å²) in [6.07, 6.45) is 1.11. The first kappa shape index (κ1) is 13.3. The average Bonchev–Trinajstić information content (AvgIpc) is 2.32. The number of nitriles is 1. The number of carbonyl (C=O) groups is 1. The fourth-order valence-corrected chi connectivity index (χ4v) is 1.11. The van der Waals surface area contributed by atoms with Crippen LogP contribution < -0.4 is 5.73 Å². The number of nitrogens with zero attached hydrogens (tertiary/aromatic N) is 1. The predicted octanol–water partition coefficient (Wildman–Crippen LogP) is 0.235. The summed E-state index contributed by atoms with van der Waals surface area (Å²) < 4.78 is 0. The Balaban J connectivity index is 0.000000921. The predicted molar refractivity (Wildman–Crippen MR) is 57.0 cm³/mol. The smallest absolute Gasteiger partial charge is 0.137 e. The molecule has 0 aliphatic rings. The van der Waals surface area contributed by atoms with E-state index in [4.69, 9.17) is 16.1 Å². The van der Waals surface area contributed by atoms with Gasteiger partial charge in [0.25, 0.3) is 0 Å². The van der Waals surface area contributed by atoms with Crippen molar-refractivity contribution < 1.29 is 9.90 Å². The maximum Gasteiger partial charge on any atom is 0.137 e. The van der Waals surface area contributed by atoms with Crippen LogP contribution in [0.5, 0.6) is 0 Å². The molecule has 0 amide bonds. The fourth-order valence-electron chi connectivity index (χ4n) is 1.11. The highest BCUT2D eigenvalue weighted by molar-refractivity contribution is 5.58. The molecular weight excluding hydrogens is 192 g/mol. The first-order valence-corrected chi connectivity index (χ1v) is 4.41. The van der Waals surface area contributed by atoms with E-state index in [0.29, 0.717) is 18.3 Å². The molecule has 0 heterocycles. The van der Waals surface area contributed by atoms with Crippen molar-refractivity contribution in [2.45, 2.75) is 12.5 Å². The molecule has 80 valence electrons. The quantitative estimate of drug-likeness (QED) is 0.693. The van der Waals surface area contributed by atoms with Crippen LogP contribution in [0.15, 0.2) is 24.3 Å². The topological polar surface area (TPSA) is 87.1 Å². The minimum atomic E-state index is -0.519. The Morgan fingerprint density at radius 1 is 1.53 bits per heavy atom. The highest BCUT2D eigenvalue weighted by Gasteiger charge is 2.05. The van der Waals surface area contributed by atoms with E-state index in [1.807, 2.05) is 12.1 Å². The summed E-state index contributed by atoms with van der Waals surface area (Å²) in [7, 11) is 1.00. The molecule has 0 saturated carbocycles. The van der Waals surface area contributed by atoms with Crippen molar-refractivity contribution in [2.24, 2.45) is 5.73 Å². The highest BCUT2D eigenvalue weighted by atomic mass is 16.2. The summed E-state index contributed by atoms with van der Waals surface area (Å²) >= 11 is 0. The molecule has 0 aliphatic carbocycles. The van der Waals surface area contributed by atoms with Gasteiger partial charge in [-0.15, -0.1) is 0 Å². The van der Waals surface area contributed by atoms with Crippen LogP contribution in [-0.4, -0.2) is 24.5 Å². The molecule has 1 rings (SSSR count). The number of rotatable bonds is 3. The number of aliphatic hydroxyl groups excluding tert-OH is 1. The zero-order valence-electron chi connectivity index (χ0n) is 8.55. The molecule has 1 aromatic carbocycles. The maximum atomic E-state index is 10.3. The van der Waals surface area contributed by atoms with Gasteiger partial charge in [0.15, 0.2) is 0 Å². The average molecular weight is 206 g/mol. The molecule has 4 nitrogen and oxygen atoms in total. The lowest BCUT2D eigenvalue weighted by Crippen LogP contribution is -2.24. The van der Waals surface area contributed by atoms with Gasteiger partial charge >= 0.3 is 0 Å². The van der Waals surface area contributed by atoms with Crippen LogP contribution >= 0.6 is 0 Å². The molecule has 0 aromatic heterocycles. The number of aliphatic hydroxyl groups is 1. The first-order valence-electron chi connectivity index (χ1n) is 4.41. The van der Waals surface area contributed by atoms with Crippen molar-refractivity contribution in [2.75, 3.05) is 7.11 Å². The zero-order chi connectivity index (χ0) is 11.7. The minimum absolute atomic E-state index is 0.424. The van der Waals surface area contributed by atoms with Gasteiger partial charge in [0.1, 0.15) is 6.29 Å². The number of carbonyl (C=O) groups excluding carboxylic acids is 1. The van der Waals surface area contributed by atoms with E-state index in [-0.39, 0.29) is 0 Å². The van der Waals surface area contributed by atoms with Crippen LogP contribution in [0.1, 0.15) is 11.1 Å². The lowest BCUT2D eigenvalue weighted by molar-refractivity contribution is -0.108. The molecule has 0 saturated heterocycles. The first-order chi connectivity index (χ1) is 7.27. The van der Waals surface area contributed by atoms with E-state index in [2.05, 4.69) is 6.07 Å². The molecular formula is C11H14N2O2. The van der Waals surface area contributed by atoms with E-state index in [0.717, 1.165) is 12.7 Å². The Morgan fingerprint density at radius 3 is 2.67 bits per heavy atom. The van der Waals surface area contributed by atoms with Crippen LogP contribution in [0.4, 0.5) is 0 Å². The van der Waals surface area contributed by atoms with Gasteiger partial charge < -0.3 is 15.6 Å². The van der Waals surface area contributed by atoms with Gasteiger partial charge in [-0.25, -0.2) is 0 Å². The molecule has 1 unspecified atom stereocenters. The standard InChI is InChI=1S/C10H10N2O.CH4O/c11-6-9-4-2-1-3-8(9)5-10(12)7-13;1-2/h1-4,7,10H,5,12H2;2H,1H3. The molecule has 0 aliphatic heterocycles. The van der Waals surface area contributed by atoms with Crippen LogP contribution in [0.2, 0.25) is 0 Å². The fraction of sp³-hybridized carbons (Fsp3) is 0.273. The molecule has 0 fully saturated rings. The Hall–Kier alpha value is -1.70. The van der Waals surface area contributed by atoms with E-state index in [1.54, 1.807) is 12.1 Å². The summed E-state index contributed by atoms with van der Waals surface area (Å²) in [4.78, 5) is 10.3. The van der Waals surface area contributed by atoms with Gasteiger partial charge in [0.2, 0.25) is 0 Å². The Bertz CT molecular complexity index is 345. The third-order valence-corrected chi connectivity index (χ3v) is 1.77. The summed E-state index contributed by atoms with van der Waals surface area (Å²) in [5.41, 5.74) is 6.86. The molecule has 1 atom stereocenters. The monoisotopic (exact) mass is 206 g/mol. The highest BCUT2D eigenvalue weighted by Crippen LogP contribution is 2.08. The number of aldehydes is 1. The lowest BCUT2D eigenvalue weighted by atomic mass is 10.0. The van der Waals surface area contributed by atoms with E-state index >= 15 is 0 Å². The van der Waals surface area contributed by atoms with Gasteiger partial charge in [0.05, 0.1) is 17.7 Å². The van der Waals surface area contributed by atoms with Crippen molar-refractivity contribution in [3.63, 3.8) is 0 Å². The van der Waals surface area contributed by atoms with Gasteiger partial charge in [0, 0.05) is 7.11 Å². The molecule has 1 aromatic rings. The number of benzene rings is 1. The Kier molecular flexibility index (Phi) is 6.81. The molecule has 15 heavy (non-hydrogen) atoms. The van der Waals surface area contributed by atoms with E-state index in [1.165, 1.54) is 0 Å². The van der Waals surface area contributed by atoms with Crippen LogP contribution in [-0.2, 0) is 11.2 Å². The van der Waals surface area contributed by atoms with Crippen molar-refractivity contribution in [1.29, 1.82) is 5.26 Å². The van der Waals surface area contributed by atoms with Gasteiger partial charge in [-0.2, -0.15) is 5.26 Å². The SMILES string of the molecule is CO.N#Cc1ccccc1CC(N)C=O. The Labute approximate surface area is 89.0 Å². The zero-order valence-corrected chi connectivity index (χ0v) is 8.55. The molecule has 4 heteroatoms. The molecule has 0 spiro atoms. The molecule has 0 bridgehead atoms. The van der Waals surface area contributed by atoms with Crippen molar-refractivity contribution in [3.8, 4) is 6.07 Å². The van der Waals surface area contributed by atoms with Gasteiger partial charge in [-0.1, -0.05) is 18.2 Å². The van der Waals surface area contributed by atoms with E-state index in [9.17, 15) is 4.79 Å². The van der Waals surface area contributed by atoms with Crippen LogP contribution in [0, 0.1) is 11.3 Å². The second-order valence-electron chi connectivity index (χ2n) is 2.77. The molecule has 3 N–H and O–H groups in total. The maximum absolute atomic E-state index is 10.3. The van der Waals surface area contributed by atoms with Crippen LogP contribution in [0.3, 0.4) is 0 Å². The molecule has 0 radical (unpaired) electrons. The Morgan fingerprint density at radius 2 is 2.13 bits per heavy atom. The third kappa shape index (κ3) is 4.36. The number of hydrogen-bond acceptors (Lipinski definition) is 4. The summed E-state index contributed by atoms with van der Waals surface area (Å²) in [5.74, 6) is 0. The van der Waals surface area contributed by atoms with Crippen molar-refractivity contribution in [3.05, 3.63) is 35.4 Å². The normalized spacial score (nSPS) is 10.5. The largest absolute Gasteiger partial charge is 0.400 e. The van der Waals surface area contributed by atoms with Gasteiger partial charge in [-0.3, -0.25) is 0 Å². The van der Waals surface area contributed by atoms with Gasteiger partial charge in [-0.05, 0) is 18.1 Å². The van der Waals surface area contributed by atoms with Crippen LogP contribution in [0.25, 0.3) is 0 Å². The minimum Gasteiger partial charge on any atom is -0.400 e.